The minimum absolute atomic E-state index is 0.0962. The summed E-state index contributed by atoms with van der Waals surface area (Å²) >= 11 is 0. The third-order valence-electron chi connectivity index (χ3n) is 5.63. The first kappa shape index (κ1) is 20.7. The van der Waals surface area contributed by atoms with Crippen LogP contribution in [0.25, 0.3) is 38.4 Å². The molecule has 1 heterocycles. The van der Waals surface area contributed by atoms with Crippen LogP contribution in [0.5, 0.6) is 5.75 Å². The molecule has 0 saturated carbocycles. The van der Waals surface area contributed by atoms with E-state index in [4.69, 9.17) is 9.15 Å². The number of nitrogens with one attached hydrogen (secondary N) is 1. The van der Waals surface area contributed by atoms with Crippen LogP contribution in [0.1, 0.15) is 31.4 Å². The summed E-state index contributed by atoms with van der Waals surface area (Å²) in [7, 11) is 1.65. The molecule has 4 heteroatoms. The van der Waals surface area contributed by atoms with Crippen LogP contribution in [0.2, 0.25) is 0 Å². The van der Waals surface area contributed by atoms with Crippen LogP contribution in [0.15, 0.2) is 65.3 Å². The van der Waals surface area contributed by atoms with Gasteiger partial charge in [-0.25, -0.2) is 0 Å². The van der Waals surface area contributed by atoms with Gasteiger partial charge >= 0.3 is 0 Å². The minimum Gasteiger partial charge on any atom is -0.496 e. The van der Waals surface area contributed by atoms with Gasteiger partial charge in [-0.3, -0.25) is 4.79 Å². The van der Waals surface area contributed by atoms with E-state index in [0.29, 0.717) is 6.54 Å². The van der Waals surface area contributed by atoms with Crippen molar-refractivity contribution in [1.82, 2.24) is 5.32 Å². The smallest absolute Gasteiger partial charge is 0.244 e. The Balaban J connectivity index is 1.86. The highest BCUT2D eigenvalue weighted by atomic mass is 16.5. The Hall–Kier alpha value is -3.53. The van der Waals surface area contributed by atoms with Gasteiger partial charge in [0.2, 0.25) is 5.91 Å². The number of amides is 1. The number of ether oxygens (including phenoxy) is 1. The molecule has 1 N–H and O–H groups in total. The normalized spacial score (nSPS) is 11.8. The topological polar surface area (TPSA) is 51.5 Å². The highest BCUT2D eigenvalue weighted by Gasteiger charge is 2.19. The van der Waals surface area contributed by atoms with E-state index in [-0.39, 0.29) is 5.91 Å². The van der Waals surface area contributed by atoms with Gasteiger partial charge in [-0.15, -0.1) is 0 Å². The molecule has 0 unspecified atom stereocenters. The van der Waals surface area contributed by atoms with E-state index in [1.165, 1.54) is 10.8 Å². The van der Waals surface area contributed by atoms with Crippen LogP contribution in [0.3, 0.4) is 0 Å². The molecule has 3 aromatic carbocycles. The van der Waals surface area contributed by atoms with E-state index in [0.717, 1.165) is 51.0 Å². The third kappa shape index (κ3) is 3.93. The van der Waals surface area contributed by atoms with E-state index >= 15 is 0 Å². The summed E-state index contributed by atoms with van der Waals surface area (Å²) in [5.74, 6) is 0.630. The maximum Gasteiger partial charge on any atom is 0.244 e. The lowest BCUT2D eigenvalue weighted by Crippen LogP contribution is -2.21. The summed E-state index contributed by atoms with van der Waals surface area (Å²) < 4.78 is 11.7. The van der Waals surface area contributed by atoms with Gasteiger partial charge in [0.25, 0.3) is 0 Å². The summed E-state index contributed by atoms with van der Waals surface area (Å²) in [6, 6.07) is 16.8. The number of hydrogen-bond acceptors (Lipinski definition) is 3. The summed E-state index contributed by atoms with van der Waals surface area (Å²) in [5, 5.41) is 6.29. The molecule has 0 aliphatic heterocycles. The van der Waals surface area contributed by atoms with Crippen LogP contribution in [-0.2, 0) is 4.79 Å². The second-order valence-electron chi connectivity index (χ2n) is 7.79. The number of aryl methyl sites for hydroxylation is 1. The second kappa shape index (κ2) is 8.68. The van der Waals surface area contributed by atoms with E-state index in [1.54, 1.807) is 19.4 Å². The molecule has 4 rings (SSSR count). The molecule has 0 bridgehead atoms. The summed E-state index contributed by atoms with van der Waals surface area (Å²) in [6.07, 6.45) is 4.34. The standard InChI is InChI=1S/C27H27NO3/c1-5-12-28-25(29)13-17(2)22-15-23-24(16-31-27(23)18(3)26(22)30-4)21-11-10-19-8-6-7-9-20(19)14-21/h6-11,13-16H,5,12H2,1-4H3,(H,28,29)/b17-13+. The first-order valence-electron chi connectivity index (χ1n) is 10.6. The largest absolute Gasteiger partial charge is 0.496 e. The van der Waals surface area contributed by atoms with Crippen molar-refractivity contribution in [2.45, 2.75) is 27.2 Å². The van der Waals surface area contributed by atoms with Crippen LogP contribution in [0.4, 0.5) is 0 Å². The molecule has 0 radical (unpaired) electrons. The van der Waals surface area contributed by atoms with Gasteiger partial charge in [-0.2, -0.15) is 0 Å². The van der Waals surface area contributed by atoms with Gasteiger partial charge in [-0.1, -0.05) is 43.3 Å². The summed E-state index contributed by atoms with van der Waals surface area (Å²) in [6.45, 7) is 6.61. The van der Waals surface area contributed by atoms with Gasteiger partial charge in [-0.05, 0) is 54.3 Å². The van der Waals surface area contributed by atoms with Crippen molar-refractivity contribution in [1.29, 1.82) is 0 Å². The molecule has 0 fully saturated rings. The van der Waals surface area contributed by atoms with E-state index in [9.17, 15) is 4.79 Å². The van der Waals surface area contributed by atoms with Crippen molar-refractivity contribution < 1.29 is 13.9 Å². The Kier molecular flexibility index (Phi) is 5.81. The number of carbonyl (C=O) groups is 1. The Morgan fingerprint density at radius 3 is 2.65 bits per heavy atom. The van der Waals surface area contributed by atoms with Crippen molar-refractivity contribution in [3.63, 3.8) is 0 Å². The number of benzene rings is 3. The average molecular weight is 414 g/mol. The molecular formula is C27H27NO3. The van der Waals surface area contributed by atoms with Gasteiger partial charge in [0.05, 0.1) is 13.4 Å². The molecule has 1 aromatic heterocycles. The second-order valence-corrected chi connectivity index (χ2v) is 7.79. The van der Waals surface area contributed by atoms with Gasteiger partial charge < -0.3 is 14.5 Å². The number of allylic oxidation sites excluding steroid dienone is 1. The van der Waals surface area contributed by atoms with Crippen molar-refractivity contribution in [2.75, 3.05) is 13.7 Å². The zero-order valence-corrected chi connectivity index (χ0v) is 18.4. The summed E-state index contributed by atoms with van der Waals surface area (Å²) in [5.41, 5.74) is 5.57. The number of hydrogen-bond donors (Lipinski definition) is 1. The molecule has 0 aliphatic rings. The number of carbonyl (C=O) groups excluding carboxylic acids is 1. The Morgan fingerprint density at radius 1 is 1.13 bits per heavy atom. The van der Waals surface area contributed by atoms with Crippen LogP contribution < -0.4 is 10.1 Å². The van der Waals surface area contributed by atoms with E-state index in [1.807, 2.05) is 32.9 Å². The average Bonchev–Trinajstić information content (AvgIpc) is 3.21. The highest BCUT2D eigenvalue weighted by Crippen LogP contribution is 2.41. The monoisotopic (exact) mass is 413 g/mol. The quantitative estimate of drug-likeness (QED) is 0.367. The van der Waals surface area contributed by atoms with Crippen LogP contribution in [-0.4, -0.2) is 19.6 Å². The number of furan rings is 1. The van der Waals surface area contributed by atoms with Crippen LogP contribution >= 0.6 is 0 Å². The van der Waals surface area contributed by atoms with Crippen molar-refractivity contribution >= 4 is 33.2 Å². The molecule has 0 aliphatic carbocycles. The van der Waals surface area contributed by atoms with Gasteiger partial charge in [0, 0.05) is 34.7 Å². The molecule has 0 spiro atoms. The Morgan fingerprint density at radius 2 is 1.90 bits per heavy atom. The zero-order chi connectivity index (χ0) is 22.0. The minimum atomic E-state index is -0.0962. The zero-order valence-electron chi connectivity index (χ0n) is 18.4. The number of fused-ring (bicyclic) bond motifs is 2. The molecule has 4 nitrogen and oxygen atoms in total. The van der Waals surface area contributed by atoms with E-state index < -0.39 is 0 Å². The molecule has 158 valence electrons. The lowest BCUT2D eigenvalue weighted by atomic mass is 9.95. The maximum absolute atomic E-state index is 12.2. The van der Waals surface area contributed by atoms with Crippen molar-refractivity contribution in [3.05, 3.63) is 72.0 Å². The molecular weight excluding hydrogens is 386 g/mol. The molecule has 1 amide bonds. The first-order chi connectivity index (χ1) is 15.0. The predicted molar refractivity (Wildman–Crippen MR) is 127 cm³/mol. The fraction of sp³-hybridized carbons (Fsp3) is 0.222. The lowest BCUT2D eigenvalue weighted by molar-refractivity contribution is -0.116. The van der Waals surface area contributed by atoms with Gasteiger partial charge in [0.1, 0.15) is 11.3 Å². The summed E-state index contributed by atoms with van der Waals surface area (Å²) in [4.78, 5) is 12.2. The van der Waals surface area contributed by atoms with E-state index in [2.05, 4.69) is 41.7 Å². The maximum atomic E-state index is 12.2. The van der Waals surface area contributed by atoms with Gasteiger partial charge in [0.15, 0.2) is 0 Å². The number of methoxy groups -OCH3 is 1. The van der Waals surface area contributed by atoms with Crippen molar-refractivity contribution in [2.24, 2.45) is 0 Å². The fourth-order valence-corrected chi connectivity index (χ4v) is 4.03. The van der Waals surface area contributed by atoms with Crippen molar-refractivity contribution in [3.8, 4) is 16.9 Å². The SMILES string of the molecule is CCCNC(=O)/C=C(\C)c1cc2c(-c3ccc4ccccc4c3)coc2c(C)c1OC. The first-order valence-corrected chi connectivity index (χ1v) is 10.6. The highest BCUT2D eigenvalue weighted by molar-refractivity contribution is 6.02. The molecule has 0 atom stereocenters. The lowest BCUT2D eigenvalue weighted by Gasteiger charge is -2.13. The molecule has 0 saturated heterocycles. The molecule has 4 aromatic rings. The third-order valence-corrected chi connectivity index (χ3v) is 5.63. The predicted octanol–water partition coefficient (Wildman–Crippen LogP) is 6.50. The molecule has 31 heavy (non-hydrogen) atoms. The Bertz CT molecular complexity index is 1300. The number of rotatable bonds is 6. The Labute approximate surface area is 182 Å². The fourth-order valence-electron chi connectivity index (χ4n) is 4.03. The van der Waals surface area contributed by atoms with Crippen LogP contribution in [0, 0.1) is 6.92 Å².